The number of benzene rings is 1. The summed E-state index contributed by atoms with van der Waals surface area (Å²) in [5.74, 6) is 0. The lowest BCUT2D eigenvalue weighted by molar-refractivity contribution is 0.0636. The van der Waals surface area contributed by atoms with Crippen LogP contribution in [0.15, 0.2) is 29.4 Å². The first-order valence-electron chi connectivity index (χ1n) is 5.58. The summed E-state index contributed by atoms with van der Waals surface area (Å²) in [5, 5.41) is 22.7. The highest BCUT2D eigenvalue weighted by atomic mass is 16.6. The smallest absolute Gasteiger partial charge is 0.412 e. The Kier molecular flexibility index (Phi) is 4.48. The van der Waals surface area contributed by atoms with Gasteiger partial charge in [-0.2, -0.15) is 5.26 Å². The van der Waals surface area contributed by atoms with Crippen molar-refractivity contribution in [2.24, 2.45) is 5.16 Å². The molecular formula is C13H15N3O3. The van der Waals surface area contributed by atoms with Crippen LogP contribution in [0.25, 0.3) is 0 Å². The highest BCUT2D eigenvalue weighted by Gasteiger charge is 2.16. The molecule has 0 bridgehead atoms. The maximum Gasteiger partial charge on any atom is 0.412 e. The van der Waals surface area contributed by atoms with E-state index in [0.717, 1.165) is 0 Å². The number of ether oxygens (including phenoxy) is 1. The zero-order valence-electron chi connectivity index (χ0n) is 11.0. The van der Waals surface area contributed by atoms with Gasteiger partial charge >= 0.3 is 6.09 Å². The molecular weight excluding hydrogens is 246 g/mol. The molecule has 0 radical (unpaired) electrons. The molecule has 0 unspecified atom stereocenters. The molecule has 0 atom stereocenters. The molecule has 0 aromatic heterocycles. The molecule has 19 heavy (non-hydrogen) atoms. The maximum absolute atomic E-state index is 11.5. The summed E-state index contributed by atoms with van der Waals surface area (Å²) in [6.45, 7) is 5.31. The third-order valence-electron chi connectivity index (χ3n) is 2.01. The van der Waals surface area contributed by atoms with Crippen molar-refractivity contribution in [3.63, 3.8) is 0 Å². The average molecular weight is 261 g/mol. The van der Waals surface area contributed by atoms with E-state index >= 15 is 0 Å². The third-order valence-corrected chi connectivity index (χ3v) is 2.01. The lowest BCUT2D eigenvalue weighted by Gasteiger charge is -2.19. The van der Waals surface area contributed by atoms with Crippen LogP contribution in [-0.4, -0.2) is 22.6 Å². The largest absolute Gasteiger partial charge is 0.444 e. The van der Waals surface area contributed by atoms with Crippen molar-refractivity contribution in [3.8, 4) is 6.07 Å². The number of hydrogen-bond acceptors (Lipinski definition) is 5. The van der Waals surface area contributed by atoms with Crippen LogP contribution >= 0.6 is 0 Å². The fraction of sp³-hybridized carbons (Fsp3) is 0.308. The summed E-state index contributed by atoms with van der Waals surface area (Å²) in [6.07, 6.45) is -0.559. The van der Waals surface area contributed by atoms with Gasteiger partial charge < -0.3 is 9.94 Å². The number of amides is 1. The second kappa shape index (κ2) is 5.87. The van der Waals surface area contributed by atoms with Gasteiger partial charge in [0, 0.05) is 11.3 Å². The van der Waals surface area contributed by atoms with Crippen LogP contribution in [0.1, 0.15) is 26.3 Å². The lowest BCUT2D eigenvalue weighted by atomic mass is 10.1. The second-order valence-corrected chi connectivity index (χ2v) is 4.76. The molecule has 0 fully saturated rings. The number of anilines is 1. The highest BCUT2D eigenvalue weighted by Crippen LogP contribution is 2.13. The van der Waals surface area contributed by atoms with Gasteiger partial charge in [-0.05, 0) is 45.0 Å². The minimum atomic E-state index is -0.568. The van der Waals surface area contributed by atoms with Crippen molar-refractivity contribution in [2.75, 3.05) is 5.32 Å². The van der Waals surface area contributed by atoms with Crippen LogP contribution in [0.3, 0.4) is 0 Å². The van der Waals surface area contributed by atoms with Crippen LogP contribution in [0, 0.1) is 11.3 Å². The zero-order chi connectivity index (χ0) is 14.5. The van der Waals surface area contributed by atoms with Crippen molar-refractivity contribution in [1.29, 1.82) is 5.26 Å². The Hall–Kier alpha value is -2.55. The van der Waals surface area contributed by atoms with Gasteiger partial charge in [0.2, 0.25) is 0 Å². The van der Waals surface area contributed by atoms with E-state index in [1.54, 1.807) is 51.1 Å². The van der Waals surface area contributed by atoms with Gasteiger partial charge in [0.25, 0.3) is 0 Å². The summed E-state index contributed by atoms with van der Waals surface area (Å²) in [7, 11) is 0. The van der Waals surface area contributed by atoms with Crippen LogP contribution < -0.4 is 5.32 Å². The molecule has 1 rings (SSSR count). The molecule has 1 aromatic rings. The first kappa shape index (κ1) is 14.5. The summed E-state index contributed by atoms with van der Waals surface area (Å²) in [5.41, 5.74) is 0.318. The number of hydrogen-bond donors (Lipinski definition) is 2. The molecule has 0 aliphatic rings. The quantitative estimate of drug-likeness (QED) is 0.486. The molecule has 1 amide bonds. The van der Waals surface area contributed by atoms with Crippen molar-refractivity contribution >= 4 is 17.5 Å². The molecule has 0 saturated carbocycles. The fourth-order valence-corrected chi connectivity index (χ4v) is 1.28. The molecule has 0 saturated heterocycles. The molecule has 0 aliphatic heterocycles. The van der Waals surface area contributed by atoms with E-state index in [9.17, 15) is 4.79 Å². The van der Waals surface area contributed by atoms with E-state index in [-0.39, 0.29) is 5.71 Å². The molecule has 100 valence electrons. The average Bonchev–Trinajstić information content (AvgIpc) is 2.30. The number of nitrogens with one attached hydrogen (secondary N) is 1. The van der Waals surface area contributed by atoms with Crippen molar-refractivity contribution in [1.82, 2.24) is 0 Å². The minimum Gasteiger partial charge on any atom is -0.444 e. The van der Waals surface area contributed by atoms with Crippen LogP contribution in [0.2, 0.25) is 0 Å². The molecule has 6 nitrogen and oxygen atoms in total. The predicted octanol–water partition coefficient (Wildman–Crippen LogP) is 2.74. The van der Waals surface area contributed by atoms with Gasteiger partial charge in [-0.1, -0.05) is 5.16 Å². The molecule has 6 heteroatoms. The van der Waals surface area contributed by atoms with Gasteiger partial charge in [-0.15, -0.1) is 0 Å². The molecule has 1 aromatic carbocycles. The lowest BCUT2D eigenvalue weighted by Crippen LogP contribution is -2.27. The van der Waals surface area contributed by atoms with E-state index in [1.165, 1.54) is 0 Å². The number of carbonyl (C=O) groups is 1. The van der Waals surface area contributed by atoms with Crippen molar-refractivity contribution in [2.45, 2.75) is 26.4 Å². The Balaban J connectivity index is 2.73. The van der Waals surface area contributed by atoms with Crippen LogP contribution in [0.4, 0.5) is 10.5 Å². The Morgan fingerprint density at radius 1 is 1.37 bits per heavy atom. The maximum atomic E-state index is 11.5. The standard InChI is InChI=1S/C13H15N3O3/c1-13(2,3)19-12(17)15-10-6-4-9(5-7-10)11(8-14)16-18/h4-7,18H,1-3H3,(H,15,17)/b16-11+. The predicted molar refractivity (Wildman–Crippen MR) is 70.2 cm³/mol. The Labute approximate surface area is 111 Å². The number of nitrogens with zero attached hydrogens (tertiary/aromatic N) is 2. The van der Waals surface area contributed by atoms with E-state index in [4.69, 9.17) is 15.2 Å². The first-order valence-corrected chi connectivity index (χ1v) is 5.58. The van der Waals surface area contributed by atoms with Crippen molar-refractivity contribution < 1.29 is 14.7 Å². The summed E-state index contributed by atoms with van der Waals surface area (Å²) >= 11 is 0. The number of rotatable bonds is 2. The van der Waals surface area contributed by atoms with E-state index in [0.29, 0.717) is 11.3 Å². The molecule has 0 aliphatic carbocycles. The van der Waals surface area contributed by atoms with Gasteiger partial charge in [-0.3, -0.25) is 5.32 Å². The SMILES string of the molecule is CC(C)(C)OC(=O)Nc1ccc(/C(C#N)=N/O)cc1. The van der Waals surface area contributed by atoms with E-state index in [1.807, 2.05) is 0 Å². The fourth-order valence-electron chi connectivity index (χ4n) is 1.28. The Morgan fingerprint density at radius 3 is 2.37 bits per heavy atom. The zero-order valence-corrected chi connectivity index (χ0v) is 11.0. The summed E-state index contributed by atoms with van der Waals surface area (Å²) in [4.78, 5) is 11.5. The van der Waals surface area contributed by atoms with E-state index in [2.05, 4.69) is 10.5 Å². The van der Waals surface area contributed by atoms with Crippen LogP contribution in [-0.2, 0) is 4.74 Å². The summed E-state index contributed by atoms with van der Waals surface area (Å²) < 4.78 is 5.10. The monoisotopic (exact) mass is 261 g/mol. The first-order chi connectivity index (χ1) is 8.85. The van der Waals surface area contributed by atoms with E-state index < -0.39 is 11.7 Å². The van der Waals surface area contributed by atoms with Crippen molar-refractivity contribution in [3.05, 3.63) is 29.8 Å². The van der Waals surface area contributed by atoms with Gasteiger partial charge in [0.05, 0.1) is 0 Å². The number of oxime groups is 1. The normalized spacial score (nSPS) is 11.6. The Bertz CT molecular complexity index is 522. The Morgan fingerprint density at radius 2 is 1.95 bits per heavy atom. The minimum absolute atomic E-state index is 0.0937. The van der Waals surface area contributed by atoms with Gasteiger partial charge in [0.15, 0.2) is 5.71 Å². The molecule has 0 spiro atoms. The second-order valence-electron chi connectivity index (χ2n) is 4.76. The van der Waals surface area contributed by atoms with Gasteiger partial charge in [-0.25, -0.2) is 4.79 Å². The third kappa shape index (κ3) is 4.68. The topological polar surface area (TPSA) is 94.7 Å². The van der Waals surface area contributed by atoms with Gasteiger partial charge in [0.1, 0.15) is 11.7 Å². The van der Waals surface area contributed by atoms with Crippen LogP contribution in [0.5, 0.6) is 0 Å². The highest BCUT2D eigenvalue weighted by molar-refractivity contribution is 6.11. The number of nitriles is 1. The summed E-state index contributed by atoms with van der Waals surface area (Å²) in [6, 6.07) is 8.04. The molecule has 0 heterocycles. The number of carbonyl (C=O) groups excluding carboxylic acids is 1. The molecule has 2 N–H and O–H groups in total.